The lowest BCUT2D eigenvalue weighted by Gasteiger charge is -2.06. The van der Waals surface area contributed by atoms with Gasteiger partial charge in [0.1, 0.15) is 0 Å². The SMILES string of the molecule is CS(=O)CCCNC(=O)c1cccc([N+](=O)[O-])c1O. The zero-order valence-electron chi connectivity index (χ0n) is 10.3. The summed E-state index contributed by atoms with van der Waals surface area (Å²) in [6, 6.07) is 3.75. The number of para-hydroxylation sites is 1. The van der Waals surface area contributed by atoms with Crippen molar-refractivity contribution in [3.8, 4) is 5.75 Å². The number of hydrogen-bond acceptors (Lipinski definition) is 5. The van der Waals surface area contributed by atoms with Gasteiger partial charge in [-0.1, -0.05) is 6.07 Å². The Hall–Kier alpha value is -1.96. The van der Waals surface area contributed by atoms with E-state index in [0.717, 1.165) is 6.07 Å². The average molecular weight is 286 g/mol. The van der Waals surface area contributed by atoms with Gasteiger partial charge in [-0.05, 0) is 12.5 Å². The van der Waals surface area contributed by atoms with Gasteiger partial charge in [-0.15, -0.1) is 0 Å². The van der Waals surface area contributed by atoms with Crippen molar-refractivity contribution in [2.45, 2.75) is 6.42 Å². The van der Waals surface area contributed by atoms with Crippen LogP contribution in [-0.4, -0.2) is 38.7 Å². The van der Waals surface area contributed by atoms with Gasteiger partial charge in [-0.3, -0.25) is 19.1 Å². The van der Waals surface area contributed by atoms with Crippen molar-refractivity contribution < 1.29 is 19.0 Å². The van der Waals surface area contributed by atoms with E-state index in [4.69, 9.17) is 0 Å². The van der Waals surface area contributed by atoms with Crippen molar-refractivity contribution in [1.82, 2.24) is 5.32 Å². The molecule has 0 fully saturated rings. The number of nitro groups is 1. The summed E-state index contributed by atoms with van der Waals surface area (Å²) >= 11 is 0. The van der Waals surface area contributed by atoms with Crippen molar-refractivity contribution >= 4 is 22.4 Å². The van der Waals surface area contributed by atoms with Crippen molar-refractivity contribution in [3.63, 3.8) is 0 Å². The van der Waals surface area contributed by atoms with Crippen LogP contribution in [0.25, 0.3) is 0 Å². The van der Waals surface area contributed by atoms with Crippen LogP contribution in [0.1, 0.15) is 16.8 Å². The van der Waals surface area contributed by atoms with Gasteiger partial charge in [0.25, 0.3) is 5.91 Å². The highest BCUT2D eigenvalue weighted by atomic mass is 32.2. The molecule has 2 N–H and O–H groups in total. The number of carbonyl (C=O) groups excluding carboxylic acids is 1. The zero-order valence-corrected chi connectivity index (χ0v) is 11.1. The first-order chi connectivity index (χ1) is 8.93. The number of nitrogens with zero attached hydrogens (tertiary/aromatic N) is 1. The predicted molar refractivity (Wildman–Crippen MR) is 70.6 cm³/mol. The van der Waals surface area contributed by atoms with E-state index >= 15 is 0 Å². The van der Waals surface area contributed by atoms with Crippen molar-refractivity contribution in [1.29, 1.82) is 0 Å². The Labute approximate surface area is 112 Å². The molecule has 0 spiro atoms. The maximum atomic E-state index is 11.7. The fraction of sp³-hybridized carbons (Fsp3) is 0.364. The summed E-state index contributed by atoms with van der Waals surface area (Å²) in [5.41, 5.74) is -0.658. The molecule has 8 heteroatoms. The molecule has 1 unspecified atom stereocenters. The minimum Gasteiger partial charge on any atom is -0.502 e. The summed E-state index contributed by atoms with van der Waals surface area (Å²) in [5, 5.41) is 22.7. The monoisotopic (exact) mass is 286 g/mol. The largest absolute Gasteiger partial charge is 0.502 e. The quantitative estimate of drug-likeness (QED) is 0.456. The molecule has 1 atom stereocenters. The molecule has 0 aliphatic carbocycles. The summed E-state index contributed by atoms with van der Waals surface area (Å²) in [7, 11) is -0.929. The van der Waals surface area contributed by atoms with E-state index < -0.39 is 33.1 Å². The van der Waals surface area contributed by atoms with Gasteiger partial charge in [0.2, 0.25) is 5.75 Å². The van der Waals surface area contributed by atoms with E-state index in [1.807, 2.05) is 0 Å². The van der Waals surface area contributed by atoms with Gasteiger partial charge in [0, 0.05) is 35.4 Å². The first-order valence-corrected chi connectivity index (χ1v) is 7.20. The number of phenols is 1. The molecule has 0 aliphatic heterocycles. The Morgan fingerprint density at radius 1 is 1.53 bits per heavy atom. The van der Waals surface area contributed by atoms with Crippen molar-refractivity contribution in [3.05, 3.63) is 33.9 Å². The number of carbonyl (C=O) groups is 1. The zero-order chi connectivity index (χ0) is 14.4. The van der Waals surface area contributed by atoms with Gasteiger partial charge >= 0.3 is 5.69 Å². The smallest absolute Gasteiger partial charge is 0.311 e. The highest BCUT2D eigenvalue weighted by Crippen LogP contribution is 2.28. The highest BCUT2D eigenvalue weighted by Gasteiger charge is 2.20. The van der Waals surface area contributed by atoms with E-state index in [0.29, 0.717) is 18.7 Å². The van der Waals surface area contributed by atoms with E-state index in [-0.39, 0.29) is 5.56 Å². The number of nitro benzene ring substituents is 1. The van der Waals surface area contributed by atoms with E-state index in [2.05, 4.69) is 5.32 Å². The third kappa shape index (κ3) is 4.32. The van der Waals surface area contributed by atoms with Gasteiger partial charge in [-0.2, -0.15) is 0 Å². The number of rotatable bonds is 6. The molecule has 1 amide bonds. The van der Waals surface area contributed by atoms with Crippen LogP contribution in [0.15, 0.2) is 18.2 Å². The lowest BCUT2D eigenvalue weighted by atomic mass is 10.1. The van der Waals surface area contributed by atoms with Crippen LogP contribution in [0.3, 0.4) is 0 Å². The third-order valence-electron chi connectivity index (χ3n) is 2.35. The second-order valence-electron chi connectivity index (χ2n) is 3.82. The molecule has 7 nitrogen and oxygen atoms in total. The minimum atomic E-state index is -0.929. The summed E-state index contributed by atoms with van der Waals surface area (Å²) in [6.45, 7) is 0.292. The molecule has 0 aliphatic rings. The molecule has 0 saturated heterocycles. The molecular weight excluding hydrogens is 272 g/mol. The van der Waals surface area contributed by atoms with Gasteiger partial charge in [-0.25, -0.2) is 0 Å². The van der Waals surface area contributed by atoms with E-state index in [9.17, 15) is 24.2 Å². The Kier molecular flexibility index (Phi) is 5.43. The second kappa shape index (κ2) is 6.83. The predicted octanol–water partition coefficient (Wildman–Crippen LogP) is 0.799. The molecule has 1 aromatic carbocycles. The molecule has 0 bridgehead atoms. The summed E-state index contributed by atoms with van der Waals surface area (Å²) in [5.74, 6) is -0.784. The molecule has 0 aromatic heterocycles. The molecule has 0 saturated carbocycles. The number of phenolic OH excluding ortho intramolecular Hbond substituents is 1. The maximum absolute atomic E-state index is 11.7. The van der Waals surface area contributed by atoms with Crippen LogP contribution in [0.5, 0.6) is 5.75 Å². The minimum absolute atomic E-state index is 0.146. The fourth-order valence-electron chi connectivity index (χ4n) is 1.43. The van der Waals surface area contributed by atoms with Gasteiger partial charge in [0.05, 0.1) is 10.5 Å². The highest BCUT2D eigenvalue weighted by molar-refractivity contribution is 7.84. The molecule has 1 aromatic rings. The lowest BCUT2D eigenvalue weighted by molar-refractivity contribution is -0.385. The molecule has 19 heavy (non-hydrogen) atoms. The normalized spacial score (nSPS) is 11.8. The maximum Gasteiger partial charge on any atom is 0.311 e. The first kappa shape index (κ1) is 15.1. The second-order valence-corrected chi connectivity index (χ2v) is 5.37. The first-order valence-electron chi connectivity index (χ1n) is 5.48. The number of amides is 1. The Morgan fingerprint density at radius 2 is 2.21 bits per heavy atom. The molecular formula is C11H14N2O5S. The van der Waals surface area contributed by atoms with Crippen LogP contribution < -0.4 is 5.32 Å². The number of nitrogens with one attached hydrogen (secondary N) is 1. The van der Waals surface area contributed by atoms with E-state index in [1.54, 1.807) is 6.26 Å². The van der Waals surface area contributed by atoms with Crippen molar-refractivity contribution in [2.75, 3.05) is 18.6 Å². The topological polar surface area (TPSA) is 110 Å². The average Bonchev–Trinajstić information content (AvgIpc) is 2.34. The molecule has 0 heterocycles. The Bertz CT molecular complexity index is 518. The summed E-state index contributed by atoms with van der Waals surface area (Å²) in [4.78, 5) is 21.6. The molecule has 0 radical (unpaired) electrons. The van der Waals surface area contributed by atoms with Crippen molar-refractivity contribution in [2.24, 2.45) is 0 Å². The lowest BCUT2D eigenvalue weighted by Crippen LogP contribution is -2.25. The summed E-state index contributed by atoms with van der Waals surface area (Å²) < 4.78 is 10.8. The fourth-order valence-corrected chi connectivity index (χ4v) is 1.99. The number of hydrogen-bond donors (Lipinski definition) is 2. The summed E-state index contributed by atoms with van der Waals surface area (Å²) in [6.07, 6.45) is 2.10. The third-order valence-corrected chi connectivity index (χ3v) is 3.21. The van der Waals surface area contributed by atoms with E-state index in [1.165, 1.54) is 12.1 Å². The number of benzene rings is 1. The number of aromatic hydroxyl groups is 1. The van der Waals surface area contributed by atoms with Crippen LogP contribution in [0.2, 0.25) is 0 Å². The Morgan fingerprint density at radius 3 is 2.79 bits per heavy atom. The standard InChI is InChI=1S/C11H14N2O5S/c1-19(18)7-3-6-12-11(15)8-4-2-5-9(10(8)14)13(16)17/h2,4-5,14H,3,6-7H2,1H3,(H,12,15). The molecule has 104 valence electrons. The van der Waals surface area contributed by atoms with Crippen LogP contribution in [0.4, 0.5) is 5.69 Å². The molecule has 1 rings (SSSR count). The van der Waals surface area contributed by atoms with Crippen LogP contribution >= 0.6 is 0 Å². The van der Waals surface area contributed by atoms with Crippen LogP contribution in [0, 0.1) is 10.1 Å². The van der Waals surface area contributed by atoms with Crippen LogP contribution in [-0.2, 0) is 10.8 Å². The Balaban J connectivity index is 2.70. The van der Waals surface area contributed by atoms with Gasteiger partial charge < -0.3 is 10.4 Å². The van der Waals surface area contributed by atoms with Gasteiger partial charge in [0.15, 0.2) is 0 Å².